The van der Waals surface area contributed by atoms with Crippen molar-refractivity contribution in [3.8, 4) is 0 Å². The monoisotopic (exact) mass is 214 g/mol. The highest BCUT2D eigenvalue weighted by Crippen LogP contribution is 2.45. The van der Waals surface area contributed by atoms with Gasteiger partial charge in [-0.05, 0) is 30.6 Å². The van der Waals surface area contributed by atoms with Crippen LogP contribution in [0.5, 0.6) is 0 Å². The van der Waals surface area contributed by atoms with Gasteiger partial charge in [-0.25, -0.2) is 0 Å². The van der Waals surface area contributed by atoms with Gasteiger partial charge in [0, 0.05) is 5.88 Å². The van der Waals surface area contributed by atoms with Crippen LogP contribution in [0.15, 0.2) is 0 Å². The molecule has 0 heterocycles. The zero-order valence-corrected chi connectivity index (χ0v) is 9.99. The summed E-state index contributed by atoms with van der Waals surface area (Å²) in [6.07, 6.45) is 14.5. The van der Waals surface area contributed by atoms with Gasteiger partial charge in [0.1, 0.15) is 0 Å². The second-order valence-electron chi connectivity index (χ2n) is 5.55. The first-order valence-electron chi connectivity index (χ1n) is 6.41. The minimum atomic E-state index is 0.550. The van der Waals surface area contributed by atoms with Gasteiger partial charge in [-0.3, -0.25) is 0 Å². The van der Waals surface area contributed by atoms with Crippen LogP contribution in [0.3, 0.4) is 0 Å². The maximum atomic E-state index is 6.22. The number of alkyl halides is 1. The Morgan fingerprint density at radius 3 is 2.14 bits per heavy atom. The molecule has 2 fully saturated rings. The Kier molecular flexibility index (Phi) is 3.76. The molecular weight excluding hydrogens is 192 g/mol. The minimum Gasteiger partial charge on any atom is -0.126 e. The van der Waals surface area contributed by atoms with Crippen molar-refractivity contribution in [2.24, 2.45) is 11.3 Å². The molecule has 2 rings (SSSR count). The van der Waals surface area contributed by atoms with Gasteiger partial charge in [0.15, 0.2) is 0 Å². The Bertz CT molecular complexity index is 164. The van der Waals surface area contributed by atoms with E-state index in [4.69, 9.17) is 11.6 Å². The summed E-state index contributed by atoms with van der Waals surface area (Å²) in [6.45, 7) is 0. The van der Waals surface area contributed by atoms with Crippen molar-refractivity contribution in [3.05, 3.63) is 0 Å². The molecule has 0 aliphatic heterocycles. The van der Waals surface area contributed by atoms with Crippen molar-refractivity contribution >= 4 is 11.6 Å². The fourth-order valence-corrected chi connectivity index (χ4v) is 3.90. The van der Waals surface area contributed by atoms with Gasteiger partial charge >= 0.3 is 0 Å². The lowest BCUT2D eigenvalue weighted by atomic mass is 9.70. The van der Waals surface area contributed by atoms with Gasteiger partial charge in [0.25, 0.3) is 0 Å². The predicted octanol–water partition coefficient (Wildman–Crippen LogP) is 4.76. The van der Waals surface area contributed by atoms with Gasteiger partial charge in [0.2, 0.25) is 0 Å². The van der Waals surface area contributed by atoms with E-state index in [0.717, 1.165) is 11.8 Å². The molecule has 14 heavy (non-hydrogen) atoms. The average molecular weight is 215 g/mol. The van der Waals surface area contributed by atoms with Gasteiger partial charge in [-0.1, -0.05) is 44.9 Å². The Labute approximate surface area is 93.4 Å². The summed E-state index contributed by atoms with van der Waals surface area (Å²) in [6, 6.07) is 0. The molecule has 0 aromatic rings. The lowest BCUT2D eigenvalue weighted by Gasteiger charge is -2.37. The zero-order valence-electron chi connectivity index (χ0n) is 9.23. The molecule has 0 aromatic heterocycles. The van der Waals surface area contributed by atoms with Crippen LogP contribution >= 0.6 is 11.6 Å². The third-order valence-corrected chi connectivity index (χ3v) is 4.96. The Hall–Kier alpha value is 0.290. The SMILES string of the molecule is ClCC1(CC2CCCC2)CCCCC1. The Balaban J connectivity index is 1.89. The molecule has 0 unspecified atom stereocenters. The van der Waals surface area contributed by atoms with Gasteiger partial charge in [-0.2, -0.15) is 0 Å². The lowest BCUT2D eigenvalue weighted by Crippen LogP contribution is -2.28. The van der Waals surface area contributed by atoms with Crippen LogP contribution in [0.4, 0.5) is 0 Å². The highest BCUT2D eigenvalue weighted by molar-refractivity contribution is 6.18. The summed E-state index contributed by atoms with van der Waals surface area (Å²) in [7, 11) is 0. The van der Waals surface area contributed by atoms with Gasteiger partial charge in [0.05, 0.1) is 0 Å². The highest BCUT2D eigenvalue weighted by atomic mass is 35.5. The first kappa shape index (κ1) is 10.8. The molecule has 1 heteroatoms. The van der Waals surface area contributed by atoms with E-state index in [1.54, 1.807) is 0 Å². The number of hydrogen-bond acceptors (Lipinski definition) is 0. The fraction of sp³-hybridized carbons (Fsp3) is 1.00. The summed E-state index contributed by atoms with van der Waals surface area (Å²) in [5.74, 6) is 1.94. The summed E-state index contributed by atoms with van der Waals surface area (Å²) in [4.78, 5) is 0. The first-order chi connectivity index (χ1) is 6.85. The summed E-state index contributed by atoms with van der Waals surface area (Å²) in [5, 5.41) is 0. The summed E-state index contributed by atoms with van der Waals surface area (Å²) < 4.78 is 0. The van der Waals surface area contributed by atoms with Crippen LogP contribution in [0.25, 0.3) is 0 Å². The molecule has 0 saturated heterocycles. The molecule has 82 valence electrons. The summed E-state index contributed by atoms with van der Waals surface area (Å²) >= 11 is 6.22. The summed E-state index contributed by atoms with van der Waals surface area (Å²) in [5.41, 5.74) is 0.550. The minimum absolute atomic E-state index is 0.550. The maximum absolute atomic E-state index is 6.22. The van der Waals surface area contributed by atoms with Crippen molar-refractivity contribution in [2.75, 3.05) is 5.88 Å². The molecule has 2 saturated carbocycles. The molecule has 0 bridgehead atoms. The fourth-order valence-electron chi connectivity index (χ4n) is 3.52. The topological polar surface area (TPSA) is 0 Å². The molecule has 0 aromatic carbocycles. The van der Waals surface area contributed by atoms with E-state index >= 15 is 0 Å². The molecule has 2 aliphatic carbocycles. The predicted molar refractivity (Wildman–Crippen MR) is 62.8 cm³/mol. The van der Waals surface area contributed by atoms with Crippen LogP contribution in [0.2, 0.25) is 0 Å². The number of rotatable bonds is 3. The second kappa shape index (κ2) is 4.88. The quantitative estimate of drug-likeness (QED) is 0.595. The van der Waals surface area contributed by atoms with Crippen molar-refractivity contribution in [2.45, 2.75) is 64.2 Å². The molecule has 2 aliphatic rings. The zero-order chi connectivity index (χ0) is 9.86. The van der Waals surface area contributed by atoms with Crippen molar-refractivity contribution in [1.82, 2.24) is 0 Å². The van der Waals surface area contributed by atoms with Crippen LogP contribution in [-0.2, 0) is 0 Å². The van der Waals surface area contributed by atoms with E-state index in [0.29, 0.717) is 5.41 Å². The third kappa shape index (κ3) is 2.45. The smallest absolute Gasteiger partial charge is 0.0280 e. The van der Waals surface area contributed by atoms with Gasteiger partial charge in [-0.15, -0.1) is 11.6 Å². The third-order valence-electron chi connectivity index (χ3n) is 4.39. The van der Waals surface area contributed by atoms with E-state index < -0.39 is 0 Å². The second-order valence-corrected chi connectivity index (χ2v) is 5.82. The highest BCUT2D eigenvalue weighted by Gasteiger charge is 2.34. The first-order valence-corrected chi connectivity index (χ1v) is 6.94. The van der Waals surface area contributed by atoms with Crippen molar-refractivity contribution in [1.29, 1.82) is 0 Å². The van der Waals surface area contributed by atoms with Crippen LogP contribution in [0, 0.1) is 11.3 Å². The van der Waals surface area contributed by atoms with Crippen LogP contribution in [0.1, 0.15) is 64.2 Å². The largest absolute Gasteiger partial charge is 0.126 e. The van der Waals surface area contributed by atoms with E-state index in [1.165, 1.54) is 64.2 Å². The standard InChI is InChI=1S/C13H23Cl/c14-11-13(8-4-1-5-9-13)10-12-6-2-3-7-12/h12H,1-11H2. The molecule has 0 nitrogen and oxygen atoms in total. The van der Waals surface area contributed by atoms with Crippen molar-refractivity contribution < 1.29 is 0 Å². The molecule has 0 N–H and O–H groups in total. The van der Waals surface area contributed by atoms with Gasteiger partial charge < -0.3 is 0 Å². The van der Waals surface area contributed by atoms with E-state index in [-0.39, 0.29) is 0 Å². The number of halogens is 1. The van der Waals surface area contributed by atoms with E-state index in [2.05, 4.69) is 0 Å². The lowest BCUT2D eigenvalue weighted by molar-refractivity contribution is 0.170. The Morgan fingerprint density at radius 1 is 0.929 bits per heavy atom. The van der Waals surface area contributed by atoms with Crippen molar-refractivity contribution in [3.63, 3.8) is 0 Å². The normalized spacial score (nSPS) is 28.1. The molecule has 0 amide bonds. The molecule has 0 radical (unpaired) electrons. The molecule has 0 spiro atoms. The van der Waals surface area contributed by atoms with Crippen LogP contribution in [-0.4, -0.2) is 5.88 Å². The number of hydrogen-bond donors (Lipinski definition) is 0. The van der Waals surface area contributed by atoms with E-state index in [9.17, 15) is 0 Å². The average Bonchev–Trinajstić information content (AvgIpc) is 2.72. The molecule has 0 atom stereocenters. The van der Waals surface area contributed by atoms with Crippen LogP contribution < -0.4 is 0 Å². The molecular formula is C13H23Cl. The van der Waals surface area contributed by atoms with E-state index in [1.807, 2.05) is 0 Å². The Morgan fingerprint density at radius 2 is 1.57 bits per heavy atom. The maximum Gasteiger partial charge on any atom is 0.0280 e.